The van der Waals surface area contributed by atoms with Crippen molar-refractivity contribution in [2.75, 3.05) is 0 Å². The summed E-state index contributed by atoms with van der Waals surface area (Å²) in [6, 6.07) is 9.87. The van der Waals surface area contributed by atoms with Crippen LogP contribution in [-0.2, 0) is 0 Å². The van der Waals surface area contributed by atoms with Gasteiger partial charge in [-0.3, -0.25) is 4.79 Å². The van der Waals surface area contributed by atoms with Gasteiger partial charge in [0.25, 0.3) is 0 Å². The van der Waals surface area contributed by atoms with E-state index in [0.717, 1.165) is 12.1 Å². The van der Waals surface area contributed by atoms with Gasteiger partial charge in [-0.1, -0.05) is 19.1 Å². The van der Waals surface area contributed by atoms with Gasteiger partial charge >= 0.3 is 0 Å². The zero-order valence-electron chi connectivity index (χ0n) is 10.3. The second-order valence-corrected chi connectivity index (χ2v) is 3.98. The van der Waals surface area contributed by atoms with Gasteiger partial charge in [0.05, 0.1) is 0 Å². The molecule has 19 heavy (non-hydrogen) atoms. The average Bonchev–Trinajstić information content (AvgIpc) is 2.42. The molecule has 0 fully saturated rings. The molecule has 0 aromatic heterocycles. The van der Waals surface area contributed by atoms with Gasteiger partial charge in [0, 0.05) is 18.1 Å². The molecule has 0 N–H and O–H groups in total. The van der Waals surface area contributed by atoms with Gasteiger partial charge in [0.2, 0.25) is 0 Å². The van der Waals surface area contributed by atoms with Crippen LogP contribution in [0.1, 0.15) is 23.7 Å². The topological polar surface area (TPSA) is 26.3 Å². The molecule has 0 aliphatic carbocycles. The number of carbonyl (C=O) groups is 1. The van der Waals surface area contributed by atoms with Gasteiger partial charge in [-0.15, -0.1) is 0 Å². The zero-order chi connectivity index (χ0) is 13.8. The zero-order valence-corrected chi connectivity index (χ0v) is 10.3. The van der Waals surface area contributed by atoms with Crippen molar-refractivity contribution in [2.45, 2.75) is 13.3 Å². The Bertz CT molecular complexity index is 609. The van der Waals surface area contributed by atoms with Gasteiger partial charge in [0.15, 0.2) is 17.4 Å². The first kappa shape index (κ1) is 13.2. The molecule has 0 saturated heterocycles. The SMILES string of the molecule is CCC(=O)c1cccc(Oc2ccc(F)c(F)c2)c1. The first-order chi connectivity index (χ1) is 9.10. The Hall–Kier alpha value is -2.23. The predicted octanol–water partition coefficient (Wildman–Crippen LogP) is 4.35. The molecule has 2 aromatic rings. The van der Waals surface area contributed by atoms with E-state index >= 15 is 0 Å². The van der Waals surface area contributed by atoms with Gasteiger partial charge in [-0.2, -0.15) is 0 Å². The molecular weight excluding hydrogens is 250 g/mol. The summed E-state index contributed by atoms with van der Waals surface area (Å²) >= 11 is 0. The Morgan fingerprint density at radius 2 is 1.79 bits per heavy atom. The van der Waals surface area contributed by atoms with E-state index in [1.165, 1.54) is 6.07 Å². The monoisotopic (exact) mass is 262 g/mol. The smallest absolute Gasteiger partial charge is 0.162 e. The minimum absolute atomic E-state index is 0.00395. The van der Waals surface area contributed by atoms with Crippen molar-refractivity contribution in [3.8, 4) is 11.5 Å². The molecular formula is C15H12F2O2. The Kier molecular flexibility index (Phi) is 3.90. The fraction of sp³-hybridized carbons (Fsp3) is 0.133. The average molecular weight is 262 g/mol. The molecule has 0 radical (unpaired) electrons. The van der Waals surface area contributed by atoms with Crippen LogP contribution in [0.25, 0.3) is 0 Å². The van der Waals surface area contributed by atoms with Gasteiger partial charge in [-0.25, -0.2) is 8.78 Å². The van der Waals surface area contributed by atoms with Crippen LogP contribution >= 0.6 is 0 Å². The lowest BCUT2D eigenvalue weighted by Crippen LogP contribution is -1.96. The normalized spacial score (nSPS) is 10.3. The van der Waals surface area contributed by atoms with Crippen LogP contribution in [0.5, 0.6) is 11.5 Å². The van der Waals surface area contributed by atoms with Gasteiger partial charge in [-0.05, 0) is 24.3 Å². The summed E-state index contributed by atoms with van der Waals surface area (Å²) in [7, 11) is 0. The number of ketones is 1. The molecule has 2 rings (SSSR count). The number of benzene rings is 2. The summed E-state index contributed by atoms with van der Waals surface area (Å²) in [5.41, 5.74) is 0.530. The molecule has 0 aliphatic rings. The third-order valence-corrected chi connectivity index (χ3v) is 2.60. The maximum atomic E-state index is 13.0. The Morgan fingerprint density at radius 1 is 1.05 bits per heavy atom. The van der Waals surface area contributed by atoms with E-state index in [1.807, 2.05) is 0 Å². The number of ether oxygens (including phenoxy) is 1. The molecule has 0 saturated carbocycles. The second kappa shape index (κ2) is 5.61. The Balaban J connectivity index is 2.23. The lowest BCUT2D eigenvalue weighted by Gasteiger charge is -2.07. The highest BCUT2D eigenvalue weighted by molar-refractivity contribution is 5.96. The highest BCUT2D eigenvalue weighted by atomic mass is 19.2. The molecule has 2 nitrogen and oxygen atoms in total. The van der Waals surface area contributed by atoms with Gasteiger partial charge < -0.3 is 4.74 Å². The van der Waals surface area contributed by atoms with E-state index in [-0.39, 0.29) is 11.5 Å². The summed E-state index contributed by atoms with van der Waals surface area (Å²) in [6.07, 6.45) is 0.397. The number of hydrogen-bond donors (Lipinski definition) is 0. The molecule has 0 unspecified atom stereocenters. The highest BCUT2D eigenvalue weighted by Crippen LogP contribution is 2.24. The lowest BCUT2D eigenvalue weighted by molar-refractivity contribution is 0.0988. The van der Waals surface area contributed by atoms with Crippen molar-refractivity contribution in [2.24, 2.45) is 0 Å². The second-order valence-electron chi connectivity index (χ2n) is 3.98. The van der Waals surface area contributed by atoms with Crippen LogP contribution in [0.4, 0.5) is 8.78 Å². The summed E-state index contributed by atoms with van der Waals surface area (Å²) in [4.78, 5) is 11.6. The number of Topliss-reactive ketones (excluding diaryl/α,β-unsaturated/α-hetero) is 1. The van der Waals surface area contributed by atoms with Gasteiger partial charge in [0.1, 0.15) is 11.5 Å². The molecule has 0 spiro atoms. The third kappa shape index (κ3) is 3.16. The van der Waals surface area contributed by atoms with Crippen LogP contribution in [-0.4, -0.2) is 5.78 Å². The van der Waals surface area contributed by atoms with Crippen molar-refractivity contribution in [3.05, 3.63) is 59.7 Å². The van der Waals surface area contributed by atoms with E-state index in [4.69, 9.17) is 4.74 Å². The standard InChI is InChI=1S/C15H12F2O2/c1-2-15(18)10-4-3-5-11(8-10)19-12-6-7-13(16)14(17)9-12/h3-9H,2H2,1H3. The summed E-state index contributed by atoms with van der Waals surface area (Å²) in [5, 5.41) is 0. The van der Waals surface area contributed by atoms with E-state index in [2.05, 4.69) is 0 Å². The summed E-state index contributed by atoms with van der Waals surface area (Å²) in [6.45, 7) is 1.77. The van der Waals surface area contributed by atoms with Crippen molar-refractivity contribution >= 4 is 5.78 Å². The Labute approximate surface area is 109 Å². The minimum Gasteiger partial charge on any atom is -0.457 e. The maximum Gasteiger partial charge on any atom is 0.162 e. The molecule has 0 amide bonds. The molecule has 0 bridgehead atoms. The molecule has 2 aromatic carbocycles. The van der Waals surface area contributed by atoms with Crippen LogP contribution in [0.2, 0.25) is 0 Å². The van der Waals surface area contributed by atoms with Crippen LogP contribution in [0.3, 0.4) is 0 Å². The van der Waals surface area contributed by atoms with E-state index in [1.54, 1.807) is 31.2 Å². The summed E-state index contributed by atoms with van der Waals surface area (Å²) < 4.78 is 31.2. The number of hydrogen-bond acceptors (Lipinski definition) is 2. The number of carbonyl (C=O) groups excluding carboxylic acids is 1. The van der Waals surface area contributed by atoms with Crippen LogP contribution in [0, 0.1) is 11.6 Å². The van der Waals surface area contributed by atoms with E-state index in [9.17, 15) is 13.6 Å². The summed E-state index contributed by atoms with van der Waals surface area (Å²) in [5.74, 6) is -1.32. The fourth-order valence-electron chi connectivity index (χ4n) is 1.61. The quantitative estimate of drug-likeness (QED) is 0.766. The molecule has 4 heteroatoms. The van der Waals surface area contributed by atoms with Crippen LogP contribution < -0.4 is 4.74 Å². The van der Waals surface area contributed by atoms with Crippen molar-refractivity contribution < 1.29 is 18.3 Å². The first-order valence-corrected chi connectivity index (χ1v) is 5.86. The Morgan fingerprint density at radius 3 is 2.47 bits per heavy atom. The predicted molar refractivity (Wildman–Crippen MR) is 67.5 cm³/mol. The largest absolute Gasteiger partial charge is 0.457 e. The molecule has 0 aliphatic heterocycles. The molecule has 0 atom stereocenters. The molecule has 98 valence electrons. The van der Waals surface area contributed by atoms with E-state index in [0.29, 0.717) is 17.7 Å². The van der Waals surface area contributed by atoms with Crippen molar-refractivity contribution in [1.82, 2.24) is 0 Å². The maximum absolute atomic E-state index is 13.0. The fourth-order valence-corrected chi connectivity index (χ4v) is 1.61. The molecule has 0 heterocycles. The lowest BCUT2D eigenvalue weighted by atomic mass is 10.1. The van der Waals surface area contributed by atoms with Crippen LogP contribution in [0.15, 0.2) is 42.5 Å². The van der Waals surface area contributed by atoms with Crippen molar-refractivity contribution in [1.29, 1.82) is 0 Å². The first-order valence-electron chi connectivity index (χ1n) is 5.86. The number of halogens is 2. The highest BCUT2D eigenvalue weighted by Gasteiger charge is 2.07. The van der Waals surface area contributed by atoms with Crippen molar-refractivity contribution in [3.63, 3.8) is 0 Å². The van der Waals surface area contributed by atoms with E-state index < -0.39 is 11.6 Å². The third-order valence-electron chi connectivity index (χ3n) is 2.60. The minimum atomic E-state index is -0.974. The number of rotatable bonds is 4.